The first kappa shape index (κ1) is 12.8. The molecule has 2 nitrogen and oxygen atoms in total. The van der Waals surface area contributed by atoms with Crippen molar-refractivity contribution in [3.05, 3.63) is 28.4 Å². The van der Waals surface area contributed by atoms with Crippen molar-refractivity contribution in [2.45, 2.75) is 24.4 Å². The van der Waals surface area contributed by atoms with Gasteiger partial charge in [0.05, 0.1) is 7.11 Å². The zero-order valence-corrected chi connectivity index (χ0v) is 11.6. The van der Waals surface area contributed by atoms with Crippen LogP contribution in [0.15, 0.2) is 27.1 Å². The van der Waals surface area contributed by atoms with Gasteiger partial charge in [0.1, 0.15) is 11.2 Å². The highest BCUT2D eigenvalue weighted by Gasteiger charge is 2.66. The number of halogens is 4. The van der Waals surface area contributed by atoms with Crippen LogP contribution < -0.4 is 4.74 Å². The maximum Gasteiger partial charge on any atom is 0.401 e. The Kier molecular flexibility index (Phi) is 2.64. The Morgan fingerprint density at radius 1 is 1.32 bits per heavy atom. The van der Waals surface area contributed by atoms with Crippen LogP contribution >= 0.6 is 15.9 Å². The number of ether oxygens (including phenoxy) is 1. The van der Waals surface area contributed by atoms with Crippen LogP contribution in [0.1, 0.15) is 18.6 Å². The van der Waals surface area contributed by atoms with E-state index in [4.69, 9.17) is 9.15 Å². The van der Waals surface area contributed by atoms with E-state index in [1.54, 1.807) is 12.1 Å². The minimum absolute atomic E-state index is 0.0276. The molecule has 1 saturated carbocycles. The summed E-state index contributed by atoms with van der Waals surface area (Å²) in [6.45, 7) is 0. The second-order valence-corrected chi connectivity index (χ2v) is 5.54. The van der Waals surface area contributed by atoms with E-state index in [0.29, 0.717) is 21.2 Å². The van der Waals surface area contributed by atoms with Gasteiger partial charge in [-0.1, -0.05) is 15.9 Å². The van der Waals surface area contributed by atoms with Crippen LogP contribution in [0, 0.1) is 0 Å². The summed E-state index contributed by atoms with van der Waals surface area (Å²) >= 11 is 3.31. The molecule has 1 heterocycles. The summed E-state index contributed by atoms with van der Waals surface area (Å²) in [6, 6.07) is 4.85. The number of methoxy groups -OCH3 is 1. The first-order valence-corrected chi connectivity index (χ1v) is 6.51. The third-order valence-corrected chi connectivity index (χ3v) is 4.27. The lowest BCUT2D eigenvalue weighted by molar-refractivity contribution is -0.164. The molecule has 1 aromatic carbocycles. The van der Waals surface area contributed by atoms with Gasteiger partial charge in [0.15, 0.2) is 11.3 Å². The number of alkyl halides is 3. The molecule has 102 valence electrons. The summed E-state index contributed by atoms with van der Waals surface area (Å²) in [6.07, 6.45) is -4.12. The number of rotatable bonds is 2. The molecule has 6 heteroatoms. The van der Waals surface area contributed by atoms with Crippen LogP contribution in [-0.2, 0) is 5.41 Å². The van der Waals surface area contributed by atoms with Gasteiger partial charge in [0.2, 0.25) is 0 Å². The van der Waals surface area contributed by atoms with Crippen molar-refractivity contribution in [2.75, 3.05) is 7.11 Å². The quantitative estimate of drug-likeness (QED) is 0.787. The smallest absolute Gasteiger partial charge is 0.401 e. The van der Waals surface area contributed by atoms with Gasteiger partial charge in [-0.3, -0.25) is 0 Å². The highest BCUT2D eigenvalue weighted by atomic mass is 79.9. The van der Waals surface area contributed by atoms with Crippen molar-refractivity contribution in [1.29, 1.82) is 0 Å². The fourth-order valence-corrected chi connectivity index (χ4v) is 2.68. The number of hydrogen-bond acceptors (Lipinski definition) is 2. The molecule has 1 aromatic heterocycles. The Labute approximate surface area is 115 Å². The first-order valence-electron chi connectivity index (χ1n) is 5.72. The molecule has 0 atom stereocenters. The summed E-state index contributed by atoms with van der Waals surface area (Å²) < 4.78 is 50.5. The lowest BCUT2D eigenvalue weighted by Gasteiger charge is -2.16. The van der Waals surface area contributed by atoms with E-state index < -0.39 is 11.6 Å². The molecule has 19 heavy (non-hydrogen) atoms. The minimum atomic E-state index is -4.28. The van der Waals surface area contributed by atoms with Gasteiger partial charge in [0, 0.05) is 9.86 Å². The fourth-order valence-electron chi connectivity index (χ4n) is 2.26. The SMILES string of the molecule is COc1ccc(Br)c2cc(C3(C(F)(F)F)CC3)oc12. The maximum absolute atomic E-state index is 13.1. The van der Waals surface area contributed by atoms with Crippen molar-refractivity contribution in [1.82, 2.24) is 0 Å². The monoisotopic (exact) mass is 334 g/mol. The van der Waals surface area contributed by atoms with Gasteiger partial charge >= 0.3 is 6.18 Å². The fraction of sp³-hybridized carbons (Fsp3) is 0.385. The lowest BCUT2D eigenvalue weighted by atomic mass is 10.0. The molecular formula is C13H10BrF3O2. The standard InChI is InChI=1S/C13H10BrF3O2/c1-18-9-3-2-8(14)7-6-10(19-11(7)9)12(4-5-12)13(15,16)17/h2-3,6H,4-5H2,1H3. The zero-order valence-electron chi connectivity index (χ0n) is 9.97. The number of fused-ring (bicyclic) bond motifs is 1. The molecule has 0 aliphatic heterocycles. The Bertz CT molecular complexity index is 641. The Morgan fingerprint density at radius 2 is 2.00 bits per heavy atom. The van der Waals surface area contributed by atoms with Gasteiger partial charge < -0.3 is 9.15 Å². The predicted octanol–water partition coefficient (Wildman–Crippen LogP) is 4.80. The minimum Gasteiger partial charge on any atom is -0.493 e. The lowest BCUT2D eigenvalue weighted by Crippen LogP contribution is -2.28. The van der Waals surface area contributed by atoms with E-state index in [1.165, 1.54) is 13.2 Å². The number of benzene rings is 1. The third-order valence-electron chi connectivity index (χ3n) is 3.58. The molecular weight excluding hydrogens is 325 g/mol. The molecule has 0 amide bonds. The number of hydrogen-bond donors (Lipinski definition) is 0. The summed E-state index contributed by atoms with van der Waals surface area (Å²) in [5, 5.41) is 0.602. The Balaban J connectivity index is 2.20. The predicted molar refractivity (Wildman–Crippen MR) is 67.4 cm³/mol. The second-order valence-electron chi connectivity index (χ2n) is 4.68. The van der Waals surface area contributed by atoms with Crippen molar-refractivity contribution in [3.63, 3.8) is 0 Å². The number of furan rings is 1. The molecule has 3 rings (SSSR count). The van der Waals surface area contributed by atoms with Crippen LogP contribution in [0.5, 0.6) is 5.75 Å². The van der Waals surface area contributed by atoms with E-state index in [0.717, 1.165) is 0 Å². The summed E-state index contributed by atoms with van der Waals surface area (Å²) in [4.78, 5) is 0. The molecule has 1 fully saturated rings. The van der Waals surface area contributed by atoms with Crippen LogP contribution in [0.2, 0.25) is 0 Å². The molecule has 0 N–H and O–H groups in total. The molecule has 0 saturated heterocycles. The topological polar surface area (TPSA) is 22.4 Å². The third kappa shape index (κ3) is 1.76. The Morgan fingerprint density at radius 3 is 2.53 bits per heavy atom. The second kappa shape index (κ2) is 3.91. The summed E-state index contributed by atoms with van der Waals surface area (Å²) in [5.74, 6) is 0.405. The Hall–Kier alpha value is -1.17. The van der Waals surface area contributed by atoms with Gasteiger partial charge in [0.25, 0.3) is 0 Å². The molecule has 2 aromatic rings. The normalized spacial score (nSPS) is 17.7. The van der Waals surface area contributed by atoms with E-state index in [2.05, 4.69) is 15.9 Å². The molecule has 0 spiro atoms. The van der Waals surface area contributed by atoms with Crippen molar-refractivity contribution < 1.29 is 22.3 Å². The van der Waals surface area contributed by atoms with Gasteiger partial charge in [-0.2, -0.15) is 13.2 Å². The zero-order chi connectivity index (χ0) is 13.8. The van der Waals surface area contributed by atoms with Crippen LogP contribution in [-0.4, -0.2) is 13.3 Å². The highest BCUT2D eigenvalue weighted by molar-refractivity contribution is 9.10. The van der Waals surface area contributed by atoms with Crippen LogP contribution in [0.25, 0.3) is 11.0 Å². The average Bonchev–Trinajstić information content (AvgIpc) is 3.04. The molecule has 1 aliphatic carbocycles. The van der Waals surface area contributed by atoms with E-state index in [-0.39, 0.29) is 18.6 Å². The van der Waals surface area contributed by atoms with Crippen molar-refractivity contribution >= 4 is 26.9 Å². The van der Waals surface area contributed by atoms with E-state index in [9.17, 15) is 13.2 Å². The van der Waals surface area contributed by atoms with E-state index in [1.807, 2.05) is 0 Å². The van der Waals surface area contributed by atoms with Crippen LogP contribution in [0.3, 0.4) is 0 Å². The van der Waals surface area contributed by atoms with Crippen molar-refractivity contribution in [3.8, 4) is 5.75 Å². The first-order chi connectivity index (χ1) is 8.89. The molecule has 1 aliphatic rings. The van der Waals surface area contributed by atoms with Gasteiger partial charge in [-0.25, -0.2) is 0 Å². The largest absolute Gasteiger partial charge is 0.493 e. The average molecular weight is 335 g/mol. The summed E-state index contributed by atoms with van der Waals surface area (Å²) in [5.41, 5.74) is -1.46. The van der Waals surface area contributed by atoms with Gasteiger partial charge in [-0.15, -0.1) is 0 Å². The van der Waals surface area contributed by atoms with E-state index >= 15 is 0 Å². The summed E-state index contributed by atoms with van der Waals surface area (Å²) in [7, 11) is 1.46. The van der Waals surface area contributed by atoms with Crippen molar-refractivity contribution in [2.24, 2.45) is 0 Å². The van der Waals surface area contributed by atoms with Crippen LogP contribution in [0.4, 0.5) is 13.2 Å². The maximum atomic E-state index is 13.1. The van der Waals surface area contributed by atoms with Gasteiger partial charge in [-0.05, 0) is 31.0 Å². The molecule has 0 unspecified atom stereocenters. The highest BCUT2D eigenvalue weighted by Crippen LogP contribution is 2.60. The molecule has 0 bridgehead atoms. The molecule has 0 radical (unpaired) electrons.